The highest BCUT2D eigenvalue weighted by atomic mass is 32.1. The molecule has 0 saturated carbocycles. The van der Waals surface area contributed by atoms with Crippen LogP contribution in [-0.2, 0) is 14.3 Å². The van der Waals surface area contributed by atoms with Crippen LogP contribution in [0, 0.1) is 10.1 Å². The van der Waals surface area contributed by atoms with Gasteiger partial charge in [0.25, 0.3) is 11.2 Å². The summed E-state index contributed by atoms with van der Waals surface area (Å²) in [5.74, 6) is 0.0188. The number of esters is 1. The van der Waals surface area contributed by atoms with Crippen molar-refractivity contribution in [2.75, 3.05) is 44.9 Å². The molecule has 1 atom stereocenters. The molecule has 5 rings (SSSR count). The van der Waals surface area contributed by atoms with Crippen molar-refractivity contribution in [2.24, 2.45) is 4.99 Å². The Bertz CT molecular complexity index is 1680. The molecule has 0 N–H and O–H groups in total. The minimum absolute atomic E-state index is 0.0434. The number of benzene rings is 2. The minimum atomic E-state index is -0.786. The number of aromatic nitrogens is 1. The van der Waals surface area contributed by atoms with E-state index in [0.29, 0.717) is 63.9 Å². The van der Waals surface area contributed by atoms with Gasteiger partial charge in [0, 0.05) is 19.2 Å². The third-order valence-electron chi connectivity index (χ3n) is 6.77. The Morgan fingerprint density at radius 2 is 2.02 bits per heavy atom. The molecule has 2 aromatic carbocycles. The number of fused-ring (bicyclic) bond motifs is 1. The number of carbonyl (C=O) groups is 1. The lowest BCUT2D eigenvalue weighted by Crippen LogP contribution is -2.40. The predicted molar refractivity (Wildman–Crippen MR) is 150 cm³/mol. The number of allylic oxidation sites excluding steroid dienone is 1. The van der Waals surface area contributed by atoms with Crippen molar-refractivity contribution in [1.82, 2.24) is 4.57 Å². The fourth-order valence-corrected chi connectivity index (χ4v) is 5.96. The second-order valence-electron chi connectivity index (χ2n) is 9.18. The molecule has 2 aliphatic heterocycles. The molecule has 0 spiro atoms. The number of methoxy groups -OCH3 is 1. The van der Waals surface area contributed by atoms with Gasteiger partial charge in [-0.3, -0.25) is 19.5 Å². The van der Waals surface area contributed by atoms with Crippen molar-refractivity contribution in [3.63, 3.8) is 0 Å². The van der Waals surface area contributed by atoms with Crippen LogP contribution in [0.1, 0.15) is 31.0 Å². The molecule has 1 fully saturated rings. The van der Waals surface area contributed by atoms with E-state index in [4.69, 9.17) is 14.2 Å². The Balaban J connectivity index is 1.65. The van der Waals surface area contributed by atoms with Gasteiger partial charge in [-0.05, 0) is 49.2 Å². The molecule has 1 aromatic heterocycles. The first kappa shape index (κ1) is 27.3. The average Bonchev–Trinajstić information content (AvgIpc) is 3.26. The van der Waals surface area contributed by atoms with Gasteiger partial charge >= 0.3 is 5.97 Å². The third-order valence-corrected chi connectivity index (χ3v) is 7.76. The molecule has 3 aromatic rings. The van der Waals surface area contributed by atoms with Crippen LogP contribution >= 0.6 is 11.3 Å². The fraction of sp³-hybridized carbons (Fsp3) is 0.321. The van der Waals surface area contributed by atoms with Gasteiger partial charge < -0.3 is 19.1 Å². The van der Waals surface area contributed by atoms with Crippen LogP contribution in [0.2, 0.25) is 0 Å². The summed E-state index contributed by atoms with van der Waals surface area (Å²) in [5, 5.41) is 11.9. The molecular formula is C28H28N4O7S. The number of hydrogen-bond acceptors (Lipinski definition) is 10. The van der Waals surface area contributed by atoms with E-state index in [2.05, 4.69) is 4.99 Å². The van der Waals surface area contributed by atoms with E-state index in [-0.39, 0.29) is 23.4 Å². The van der Waals surface area contributed by atoms with Crippen LogP contribution in [-0.4, -0.2) is 55.5 Å². The van der Waals surface area contributed by atoms with Crippen LogP contribution < -0.4 is 24.5 Å². The van der Waals surface area contributed by atoms with E-state index >= 15 is 0 Å². The normalized spacial score (nSPS) is 17.3. The average molecular weight is 565 g/mol. The van der Waals surface area contributed by atoms with Crippen LogP contribution in [0.4, 0.5) is 11.4 Å². The molecule has 40 heavy (non-hydrogen) atoms. The number of morpholine rings is 1. The highest BCUT2D eigenvalue weighted by Crippen LogP contribution is 2.33. The second-order valence-corrected chi connectivity index (χ2v) is 10.2. The van der Waals surface area contributed by atoms with E-state index in [1.54, 1.807) is 57.4 Å². The SMILES string of the molecule is CCOC(=O)C1=C(C)N=c2sc(=Cc3ccc(N4CCOCC4)c([N+](=O)[O-])c3)c(=O)n2C1c1cccc(OC)c1. The number of thiazole rings is 1. The van der Waals surface area contributed by atoms with Gasteiger partial charge in [-0.25, -0.2) is 9.79 Å². The van der Waals surface area contributed by atoms with E-state index in [1.165, 1.54) is 10.6 Å². The summed E-state index contributed by atoms with van der Waals surface area (Å²) in [6.07, 6.45) is 1.62. The standard InChI is InChI=1S/C28H28N4O7S/c1-4-39-27(34)24-17(2)29-28-31(25(24)19-6-5-7-20(16-19)37-3)26(33)23(40-28)15-18-8-9-21(22(14-18)32(35)36)30-10-12-38-13-11-30/h5-9,14-16,25H,4,10-13H2,1-3H3. The van der Waals surface area contributed by atoms with Crippen molar-refractivity contribution < 1.29 is 23.9 Å². The second kappa shape index (κ2) is 11.4. The summed E-state index contributed by atoms with van der Waals surface area (Å²) in [5.41, 5.74) is 1.98. The van der Waals surface area contributed by atoms with Crippen molar-refractivity contribution in [1.29, 1.82) is 0 Å². The maximum atomic E-state index is 13.8. The number of nitro groups is 1. The van der Waals surface area contributed by atoms with Gasteiger partial charge in [0.1, 0.15) is 11.4 Å². The molecule has 2 aliphatic rings. The minimum Gasteiger partial charge on any atom is -0.497 e. The summed E-state index contributed by atoms with van der Waals surface area (Å²) < 4.78 is 17.9. The first-order chi connectivity index (χ1) is 19.3. The summed E-state index contributed by atoms with van der Waals surface area (Å²) in [6, 6.07) is 11.3. The zero-order valence-corrected chi connectivity index (χ0v) is 23.1. The molecule has 0 radical (unpaired) electrons. The number of hydrogen-bond donors (Lipinski definition) is 0. The number of nitro benzene ring substituents is 1. The Kier molecular flexibility index (Phi) is 7.81. The van der Waals surface area contributed by atoms with E-state index in [1.807, 2.05) is 11.0 Å². The Morgan fingerprint density at radius 1 is 1.25 bits per heavy atom. The topological polar surface area (TPSA) is 126 Å². The molecule has 0 bridgehead atoms. The summed E-state index contributed by atoms with van der Waals surface area (Å²) in [7, 11) is 1.54. The van der Waals surface area contributed by atoms with Crippen LogP contribution in [0.25, 0.3) is 6.08 Å². The largest absolute Gasteiger partial charge is 0.497 e. The van der Waals surface area contributed by atoms with Gasteiger partial charge in [-0.2, -0.15) is 0 Å². The summed E-state index contributed by atoms with van der Waals surface area (Å²) in [4.78, 5) is 45.3. The monoisotopic (exact) mass is 564 g/mol. The molecule has 12 heteroatoms. The van der Waals surface area contributed by atoms with Crippen LogP contribution in [0.5, 0.6) is 5.75 Å². The molecule has 1 unspecified atom stereocenters. The smallest absolute Gasteiger partial charge is 0.338 e. The lowest BCUT2D eigenvalue weighted by molar-refractivity contribution is -0.384. The van der Waals surface area contributed by atoms with Gasteiger partial charge in [0.2, 0.25) is 0 Å². The van der Waals surface area contributed by atoms with E-state index in [9.17, 15) is 19.7 Å². The Morgan fingerprint density at radius 3 is 2.73 bits per heavy atom. The molecule has 208 valence electrons. The number of anilines is 1. The zero-order valence-electron chi connectivity index (χ0n) is 22.3. The first-order valence-corrected chi connectivity index (χ1v) is 13.6. The highest BCUT2D eigenvalue weighted by molar-refractivity contribution is 7.07. The third kappa shape index (κ3) is 5.15. The van der Waals surface area contributed by atoms with E-state index < -0.39 is 16.9 Å². The van der Waals surface area contributed by atoms with Crippen molar-refractivity contribution >= 4 is 34.8 Å². The zero-order chi connectivity index (χ0) is 28.4. The van der Waals surface area contributed by atoms with Crippen LogP contribution in [0.3, 0.4) is 0 Å². The number of carbonyl (C=O) groups excluding carboxylic acids is 1. The van der Waals surface area contributed by atoms with Crippen LogP contribution in [0.15, 0.2) is 63.5 Å². The number of ether oxygens (including phenoxy) is 3. The molecule has 11 nitrogen and oxygen atoms in total. The van der Waals surface area contributed by atoms with Gasteiger partial charge in [-0.15, -0.1) is 0 Å². The quantitative estimate of drug-likeness (QED) is 0.244. The Labute approximate surface area is 233 Å². The maximum Gasteiger partial charge on any atom is 0.338 e. The van der Waals surface area contributed by atoms with Gasteiger partial charge in [0.15, 0.2) is 4.80 Å². The molecular weight excluding hydrogens is 536 g/mol. The van der Waals surface area contributed by atoms with Crippen molar-refractivity contribution in [2.45, 2.75) is 19.9 Å². The molecule has 0 aliphatic carbocycles. The molecule has 1 saturated heterocycles. The van der Waals surface area contributed by atoms with Gasteiger partial charge in [0.05, 0.1) is 53.7 Å². The summed E-state index contributed by atoms with van der Waals surface area (Å²) in [6.45, 7) is 5.72. The number of nitrogens with zero attached hydrogens (tertiary/aromatic N) is 4. The lowest BCUT2D eigenvalue weighted by Gasteiger charge is -2.28. The van der Waals surface area contributed by atoms with Crippen molar-refractivity contribution in [3.05, 3.63) is 94.7 Å². The lowest BCUT2D eigenvalue weighted by atomic mass is 9.95. The maximum absolute atomic E-state index is 13.8. The van der Waals surface area contributed by atoms with E-state index in [0.717, 1.165) is 11.3 Å². The first-order valence-electron chi connectivity index (χ1n) is 12.8. The molecule has 0 amide bonds. The van der Waals surface area contributed by atoms with Gasteiger partial charge in [-0.1, -0.05) is 29.5 Å². The predicted octanol–water partition coefficient (Wildman–Crippen LogP) is 2.55. The summed E-state index contributed by atoms with van der Waals surface area (Å²) >= 11 is 1.16. The highest BCUT2D eigenvalue weighted by Gasteiger charge is 2.33. The van der Waals surface area contributed by atoms with Crippen molar-refractivity contribution in [3.8, 4) is 5.75 Å². The molecule has 3 heterocycles. The fourth-order valence-electron chi connectivity index (χ4n) is 4.92. The number of rotatable bonds is 7. The Hall–Kier alpha value is -4.29.